The third kappa shape index (κ3) is 4.11. The molecule has 0 unspecified atom stereocenters. The van der Waals surface area contributed by atoms with E-state index in [1.165, 1.54) is 17.3 Å². The van der Waals surface area contributed by atoms with Crippen molar-refractivity contribution in [3.05, 3.63) is 60.2 Å². The number of nitrogens with zero attached hydrogens (tertiary/aromatic N) is 5. The normalized spacial score (nSPS) is 13.1. The van der Waals surface area contributed by atoms with Crippen molar-refractivity contribution in [3.8, 4) is 22.8 Å². The van der Waals surface area contributed by atoms with Crippen molar-refractivity contribution in [2.24, 2.45) is 0 Å². The second kappa shape index (κ2) is 9.11. The smallest absolute Gasteiger partial charge is 0.237 e. The van der Waals surface area contributed by atoms with Crippen LogP contribution in [0.25, 0.3) is 16.9 Å². The van der Waals surface area contributed by atoms with Gasteiger partial charge >= 0.3 is 0 Å². The van der Waals surface area contributed by atoms with Gasteiger partial charge in [0.25, 0.3) is 0 Å². The van der Waals surface area contributed by atoms with Crippen LogP contribution in [0.5, 0.6) is 11.5 Å². The number of amides is 1. The molecule has 8 nitrogen and oxygen atoms in total. The molecule has 0 fully saturated rings. The van der Waals surface area contributed by atoms with Gasteiger partial charge in [-0.05, 0) is 54.8 Å². The fourth-order valence-corrected chi connectivity index (χ4v) is 4.77. The van der Waals surface area contributed by atoms with Crippen molar-refractivity contribution in [3.63, 3.8) is 0 Å². The fraction of sp³-hybridized carbons (Fsp3) is 0.250. The quantitative estimate of drug-likeness (QED) is 0.403. The topological polar surface area (TPSA) is 81.9 Å². The summed E-state index contributed by atoms with van der Waals surface area (Å²) in [5.41, 5.74) is 4.46. The number of fused-ring (bicyclic) bond motifs is 2. The number of benzene rings is 2. The number of thioether (sulfide) groups is 1. The minimum absolute atomic E-state index is 0.0555. The lowest BCUT2D eigenvalue weighted by Gasteiger charge is -2.29. The lowest BCUT2D eigenvalue weighted by atomic mass is 10.0. The molecule has 0 N–H and O–H groups in total. The molecule has 0 aliphatic carbocycles. The largest absolute Gasteiger partial charge is 0.493 e. The van der Waals surface area contributed by atoms with Crippen LogP contribution in [0.1, 0.15) is 12.0 Å². The summed E-state index contributed by atoms with van der Waals surface area (Å²) in [6, 6.07) is 17.5. The number of methoxy groups -OCH3 is 2. The number of para-hydroxylation sites is 1. The highest BCUT2D eigenvalue weighted by molar-refractivity contribution is 7.99. The summed E-state index contributed by atoms with van der Waals surface area (Å²) in [6.07, 6.45) is 1.97. The van der Waals surface area contributed by atoms with Crippen LogP contribution >= 0.6 is 11.8 Å². The molecule has 9 heteroatoms. The lowest BCUT2D eigenvalue weighted by Crippen LogP contribution is -2.36. The average Bonchev–Trinajstić information content (AvgIpc) is 3.28. The van der Waals surface area contributed by atoms with E-state index in [9.17, 15) is 4.79 Å². The maximum absolute atomic E-state index is 13.0. The standard InChI is InChI=1S/C24H23N5O3S/c1-31-20-11-9-17(14-21(20)32-2)18-10-12-22-25-26-24(29(22)27-18)33-15-23(30)28-13-5-7-16-6-3-4-8-19(16)28/h3-4,6,8-12,14H,5,7,13,15H2,1-2H3. The fourth-order valence-electron chi connectivity index (χ4n) is 4.01. The molecule has 0 radical (unpaired) electrons. The van der Waals surface area contributed by atoms with Gasteiger partial charge in [0.1, 0.15) is 0 Å². The van der Waals surface area contributed by atoms with Gasteiger partial charge in [-0.2, -0.15) is 9.61 Å². The molecule has 2 aromatic carbocycles. The highest BCUT2D eigenvalue weighted by atomic mass is 32.2. The first-order chi connectivity index (χ1) is 16.2. The Morgan fingerprint density at radius 2 is 1.88 bits per heavy atom. The van der Waals surface area contributed by atoms with Gasteiger partial charge in [-0.25, -0.2) is 0 Å². The zero-order valence-electron chi connectivity index (χ0n) is 18.4. The zero-order valence-corrected chi connectivity index (χ0v) is 19.2. The Balaban J connectivity index is 1.37. The van der Waals surface area contributed by atoms with Crippen LogP contribution in [-0.4, -0.2) is 52.2 Å². The summed E-state index contributed by atoms with van der Waals surface area (Å²) in [4.78, 5) is 14.9. The number of rotatable bonds is 6. The maximum atomic E-state index is 13.0. The van der Waals surface area contributed by atoms with Gasteiger partial charge < -0.3 is 14.4 Å². The molecule has 0 saturated carbocycles. The van der Waals surface area contributed by atoms with Gasteiger partial charge in [0, 0.05) is 17.8 Å². The molecular formula is C24H23N5O3S. The number of ether oxygens (including phenoxy) is 2. The number of carbonyl (C=O) groups is 1. The average molecular weight is 462 g/mol. The monoisotopic (exact) mass is 461 g/mol. The molecule has 0 saturated heterocycles. The van der Waals surface area contributed by atoms with E-state index >= 15 is 0 Å². The van der Waals surface area contributed by atoms with Gasteiger partial charge in [0.15, 0.2) is 17.1 Å². The third-order valence-corrected chi connectivity index (χ3v) is 6.55. The zero-order chi connectivity index (χ0) is 22.8. The molecule has 1 aliphatic rings. The van der Waals surface area contributed by atoms with Gasteiger partial charge in [-0.15, -0.1) is 10.2 Å². The van der Waals surface area contributed by atoms with Crippen molar-refractivity contribution in [1.82, 2.24) is 19.8 Å². The molecule has 1 aliphatic heterocycles. The SMILES string of the molecule is COc1ccc(-c2ccc3nnc(SCC(=O)N4CCCc5ccccc54)n3n2)cc1OC. The first-order valence-corrected chi connectivity index (χ1v) is 11.6. The van der Waals surface area contributed by atoms with Crippen molar-refractivity contribution >= 4 is 29.0 Å². The van der Waals surface area contributed by atoms with E-state index in [0.29, 0.717) is 22.3 Å². The second-order valence-corrected chi connectivity index (χ2v) is 8.55. The van der Waals surface area contributed by atoms with Crippen LogP contribution in [-0.2, 0) is 11.2 Å². The number of hydrogen-bond donors (Lipinski definition) is 0. The number of aromatic nitrogens is 4. The van der Waals surface area contributed by atoms with Gasteiger partial charge in [0.05, 0.1) is 25.7 Å². The molecule has 1 amide bonds. The number of hydrogen-bond acceptors (Lipinski definition) is 7. The molecule has 3 heterocycles. The number of aryl methyl sites for hydroxylation is 1. The first kappa shape index (κ1) is 21.3. The minimum atomic E-state index is 0.0555. The molecule has 33 heavy (non-hydrogen) atoms. The number of anilines is 1. The summed E-state index contributed by atoms with van der Waals surface area (Å²) in [7, 11) is 3.21. The number of carbonyl (C=O) groups excluding carboxylic acids is 1. The maximum Gasteiger partial charge on any atom is 0.237 e. The van der Waals surface area contributed by atoms with E-state index in [-0.39, 0.29) is 11.7 Å². The Morgan fingerprint density at radius 3 is 2.73 bits per heavy atom. The highest BCUT2D eigenvalue weighted by Crippen LogP contribution is 2.32. The van der Waals surface area contributed by atoms with E-state index in [1.807, 2.05) is 53.4 Å². The van der Waals surface area contributed by atoms with Crippen LogP contribution in [0, 0.1) is 0 Å². The minimum Gasteiger partial charge on any atom is -0.493 e. The van der Waals surface area contributed by atoms with E-state index in [0.717, 1.165) is 36.3 Å². The van der Waals surface area contributed by atoms with Crippen LogP contribution in [0.4, 0.5) is 5.69 Å². The van der Waals surface area contributed by atoms with Gasteiger partial charge in [0.2, 0.25) is 11.1 Å². The highest BCUT2D eigenvalue weighted by Gasteiger charge is 2.23. The van der Waals surface area contributed by atoms with E-state index < -0.39 is 0 Å². The molecule has 0 bridgehead atoms. The van der Waals surface area contributed by atoms with E-state index in [4.69, 9.17) is 14.6 Å². The molecule has 0 spiro atoms. The predicted octanol–water partition coefficient (Wildman–Crippen LogP) is 3.88. The van der Waals surface area contributed by atoms with Crippen molar-refractivity contribution < 1.29 is 14.3 Å². The van der Waals surface area contributed by atoms with Crippen LogP contribution in [0.15, 0.2) is 59.8 Å². The molecular weight excluding hydrogens is 438 g/mol. The Hall–Kier alpha value is -3.59. The van der Waals surface area contributed by atoms with Crippen LogP contribution < -0.4 is 14.4 Å². The third-order valence-electron chi connectivity index (χ3n) is 5.65. The Labute approximate surface area is 195 Å². The molecule has 168 valence electrons. The van der Waals surface area contributed by atoms with E-state index in [1.54, 1.807) is 18.7 Å². The first-order valence-electron chi connectivity index (χ1n) is 10.6. The predicted molar refractivity (Wildman–Crippen MR) is 127 cm³/mol. The van der Waals surface area contributed by atoms with Gasteiger partial charge in [-0.3, -0.25) is 4.79 Å². The van der Waals surface area contributed by atoms with Crippen molar-refractivity contribution in [2.75, 3.05) is 31.4 Å². The summed E-state index contributed by atoms with van der Waals surface area (Å²) in [6.45, 7) is 0.735. The Bertz CT molecular complexity index is 1320. The summed E-state index contributed by atoms with van der Waals surface area (Å²) in [5, 5.41) is 13.7. The van der Waals surface area contributed by atoms with Crippen LogP contribution in [0.3, 0.4) is 0 Å². The van der Waals surface area contributed by atoms with Crippen molar-refractivity contribution in [2.45, 2.75) is 18.0 Å². The Kier molecular flexibility index (Phi) is 5.87. The lowest BCUT2D eigenvalue weighted by molar-refractivity contribution is -0.116. The van der Waals surface area contributed by atoms with Gasteiger partial charge in [-0.1, -0.05) is 30.0 Å². The summed E-state index contributed by atoms with van der Waals surface area (Å²) >= 11 is 1.34. The Morgan fingerprint density at radius 1 is 1.03 bits per heavy atom. The molecule has 0 atom stereocenters. The molecule has 4 aromatic rings. The summed E-state index contributed by atoms with van der Waals surface area (Å²) in [5.74, 6) is 1.60. The van der Waals surface area contributed by atoms with Crippen LogP contribution in [0.2, 0.25) is 0 Å². The summed E-state index contributed by atoms with van der Waals surface area (Å²) < 4.78 is 12.4. The van der Waals surface area contributed by atoms with Crippen molar-refractivity contribution in [1.29, 1.82) is 0 Å². The molecule has 5 rings (SSSR count). The molecule has 2 aromatic heterocycles. The second-order valence-electron chi connectivity index (χ2n) is 7.61. The van der Waals surface area contributed by atoms with E-state index in [2.05, 4.69) is 16.3 Å².